The molecular formula is C21H19ClFNO4S. The van der Waals surface area contributed by atoms with Crippen molar-refractivity contribution in [2.24, 2.45) is 0 Å². The first-order chi connectivity index (χ1) is 13.9. The van der Waals surface area contributed by atoms with Gasteiger partial charge in [0, 0.05) is 22.2 Å². The number of benzene rings is 2. The number of carbonyl (C=O) groups excluding carboxylic acids is 2. The second kappa shape index (κ2) is 9.33. The monoisotopic (exact) mass is 435 g/mol. The molecule has 2 aromatic rings. The zero-order valence-corrected chi connectivity index (χ0v) is 17.5. The van der Waals surface area contributed by atoms with Crippen molar-refractivity contribution >= 4 is 40.6 Å². The van der Waals surface area contributed by atoms with E-state index in [4.69, 9.17) is 21.1 Å². The first-order valence-corrected chi connectivity index (χ1v) is 10.2. The number of imide groups is 1. The van der Waals surface area contributed by atoms with Gasteiger partial charge in [-0.15, -0.1) is 0 Å². The van der Waals surface area contributed by atoms with Crippen LogP contribution in [0, 0.1) is 5.82 Å². The van der Waals surface area contributed by atoms with Crippen LogP contribution in [-0.4, -0.2) is 29.3 Å². The summed E-state index contributed by atoms with van der Waals surface area (Å²) < 4.78 is 25.2. The summed E-state index contributed by atoms with van der Waals surface area (Å²) in [7, 11) is 0. The fourth-order valence-corrected chi connectivity index (χ4v) is 3.84. The second-order valence-electron chi connectivity index (χ2n) is 6.03. The lowest BCUT2D eigenvalue weighted by Crippen LogP contribution is -2.28. The predicted octanol–water partition coefficient (Wildman–Crippen LogP) is 5.51. The number of carbonyl (C=O) groups is 2. The number of hydrogen-bond acceptors (Lipinski definition) is 5. The molecule has 0 saturated carbocycles. The fourth-order valence-electron chi connectivity index (χ4n) is 2.79. The van der Waals surface area contributed by atoms with Crippen molar-refractivity contribution in [1.82, 2.24) is 4.90 Å². The molecule has 29 heavy (non-hydrogen) atoms. The minimum absolute atomic E-state index is 0.105. The number of halogens is 2. The molecule has 1 fully saturated rings. The van der Waals surface area contributed by atoms with Crippen LogP contribution in [0.5, 0.6) is 11.5 Å². The Labute approximate surface area is 177 Å². The first-order valence-electron chi connectivity index (χ1n) is 9.02. The highest BCUT2D eigenvalue weighted by molar-refractivity contribution is 8.18. The van der Waals surface area contributed by atoms with E-state index in [1.807, 2.05) is 13.8 Å². The van der Waals surface area contributed by atoms with Gasteiger partial charge in [0.2, 0.25) is 0 Å². The Bertz CT molecular complexity index is 959. The molecular weight excluding hydrogens is 417 g/mol. The number of hydrogen-bond donors (Lipinski definition) is 0. The Morgan fingerprint density at radius 2 is 1.90 bits per heavy atom. The van der Waals surface area contributed by atoms with E-state index < -0.39 is 17.0 Å². The summed E-state index contributed by atoms with van der Waals surface area (Å²) in [6, 6.07) is 9.49. The highest BCUT2D eigenvalue weighted by atomic mass is 35.5. The molecule has 0 spiro atoms. The topological polar surface area (TPSA) is 55.8 Å². The summed E-state index contributed by atoms with van der Waals surface area (Å²) in [5.41, 5.74) is 0.749. The SMILES string of the molecule is CCOc1ccc(/C=C2/SC(=O)N(Cc3c(F)cccc3Cl)C2=O)c(OCC)c1. The van der Waals surface area contributed by atoms with Gasteiger partial charge < -0.3 is 9.47 Å². The Morgan fingerprint density at radius 3 is 2.59 bits per heavy atom. The molecule has 0 unspecified atom stereocenters. The van der Waals surface area contributed by atoms with Crippen LogP contribution < -0.4 is 9.47 Å². The van der Waals surface area contributed by atoms with Crippen LogP contribution >= 0.6 is 23.4 Å². The van der Waals surface area contributed by atoms with Gasteiger partial charge in [0.15, 0.2) is 0 Å². The molecule has 2 aromatic carbocycles. The van der Waals surface area contributed by atoms with Crippen LogP contribution in [0.15, 0.2) is 41.3 Å². The average Bonchev–Trinajstić information content (AvgIpc) is 2.94. The van der Waals surface area contributed by atoms with Crippen LogP contribution in [0.1, 0.15) is 25.0 Å². The highest BCUT2D eigenvalue weighted by Gasteiger charge is 2.36. The lowest BCUT2D eigenvalue weighted by atomic mass is 10.1. The molecule has 8 heteroatoms. The van der Waals surface area contributed by atoms with Crippen molar-refractivity contribution in [3.05, 3.63) is 63.3 Å². The van der Waals surface area contributed by atoms with Crippen molar-refractivity contribution in [3.8, 4) is 11.5 Å². The van der Waals surface area contributed by atoms with Crippen molar-refractivity contribution in [2.75, 3.05) is 13.2 Å². The third kappa shape index (κ3) is 4.74. The van der Waals surface area contributed by atoms with E-state index in [0.29, 0.717) is 30.3 Å². The summed E-state index contributed by atoms with van der Waals surface area (Å²) in [5, 5.41) is -0.317. The van der Waals surface area contributed by atoms with Gasteiger partial charge in [0.1, 0.15) is 17.3 Å². The largest absolute Gasteiger partial charge is 0.494 e. The zero-order chi connectivity index (χ0) is 21.0. The Morgan fingerprint density at radius 1 is 1.14 bits per heavy atom. The van der Waals surface area contributed by atoms with Gasteiger partial charge >= 0.3 is 0 Å². The maximum Gasteiger partial charge on any atom is 0.293 e. The summed E-state index contributed by atoms with van der Waals surface area (Å²) in [4.78, 5) is 26.4. The third-order valence-corrected chi connectivity index (χ3v) is 5.40. The van der Waals surface area contributed by atoms with E-state index in [-0.39, 0.29) is 22.0 Å². The summed E-state index contributed by atoms with van der Waals surface area (Å²) >= 11 is 6.82. The molecule has 0 atom stereocenters. The third-order valence-electron chi connectivity index (χ3n) is 4.13. The summed E-state index contributed by atoms with van der Waals surface area (Å²) in [6.45, 7) is 4.45. The molecule has 0 N–H and O–H groups in total. The lowest BCUT2D eigenvalue weighted by Gasteiger charge is -2.14. The Balaban J connectivity index is 1.88. The van der Waals surface area contributed by atoms with Crippen LogP contribution in [0.2, 0.25) is 5.02 Å². The van der Waals surface area contributed by atoms with Crippen molar-refractivity contribution in [3.63, 3.8) is 0 Å². The van der Waals surface area contributed by atoms with E-state index in [1.165, 1.54) is 18.2 Å². The number of thioether (sulfide) groups is 1. The van der Waals surface area contributed by atoms with Crippen molar-refractivity contribution in [2.45, 2.75) is 20.4 Å². The number of nitrogens with zero attached hydrogens (tertiary/aromatic N) is 1. The van der Waals surface area contributed by atoms with E-state index in [0.717, 1.165) is 16.7 Å². The van der Waals surface area contributed by atoms with E-state index in [1.54, 1.807) is 24.3 Å². The number of ether oxygens (including phenoxy) is 2. The zero-order valence-electron chi connectivity index (χ0n) is 15.9. The molecule has 2 amide bonds. The molecule has 0 radical (unpaired) electrons. The predicted molar refractivity (Wildman–Crippen MR) is 112 cm³/mol. The van der Waals surface area contributed by atoms with Gasteiger partial charge in [0.25, 0.3) is 11.1 Å². The first kappa shape index (κ1) is 21.2. The van der Waals surface area contributed by atoms with Crippen LogP contribution in [0.3, 0.4) is 0 Å². The molecule has 1 aliphatic rings. The van der Waals surface area contributed by atoms with Crippen molar-refractivity contribution in [1.29, 1.82) is 0 Å². The molecule has 152 valence electrons. The number of rotatable bonds is 7. The average molecular weight is 436 g/mol. The molecule has 5 nitrogen and oxygen atoms in total. The molecule has 0 aromatic heterocycles. The quantitative estimate of drug-likeness (QED) is 0.536. The van der Waals surface area contributed by atoms with Gasteiger partial charge in [0.05, 0.1) is 24.7 Å². The minimum Gasteiger partial charge on any atom is -0.494 e. The standard InChI is InChI=1S/C21H19ClFNO4S/c1-3-27-14-9-8-13(18(11-14)28-4-2)10-19-20(25)24(21(26)29-19)12-15-16(22)6-5-7-17(15)23/h5-11H,3-4,12H2,1-2H3/b19-10+. The molecule has 0 aliphatic carbocycles. The Kier molecular flexibility index (Phi) is 6.82. The maximum atomic E-state index is 14.1. The summed E-state index contributed by atoms with van der Waals surface area (Å²) in [5.74, 6) is 0.124. The highest BCUT2D eigenvalue weighted by Crippen LogP contribution is 2.36. The van der Waals surface area contributed by atoms with Gasteiger partial charge in [-0.2, -0.15) is 0 Å². The molecule has 1 aliphatic heterocycles. The maximum absolute atomic E-state index is 14.1. The molecule has 3 rings (SSSR count). The fraction of sp³-hybridized carbons (Fsp3) is 0.238. The van der Waals surface area contributed by atoms with Gasteiger partial charge in [-0.25, -0.2) is 4.39 Å². The number of amides is 2. The van der Waals surface area contributed by atoms with E-state index >= 15 is 0 Å². The Hall–Kier alpha value is -2.51. The molecule has 0 bridgehead atoms. The normalized spacial score (nSPS) is 15.3. The lowest BCUT2D eigenvalue weighted by molar-refractivity contribution is -0.123. The van der Waals surface area contributed by atoms with Crippen LogP contribution in [-0.2, 0) is 11.3 Å². The minimum atomic E-state index is -0.564. The smallest absolute Gasteiger partial charge is 0.293 e. The summed E-state index contributed by atoms with van der Waals surface area (Å²) in [6.07, 6.45) is 1.59. The van der Waals surface area contributed by atoms with Gasteiger partial charge in [-0.1, -0.05) is 17.7 Å². The van der Waals surface area contributed by atoms with E-state index in [9.17, 15) is 14.0 Å². The molecule has 1 saturated heterocycles. The van der Waals surface area contributed by atoms with Crippen LogP contribution in [0.25, 0.3) is 6.08 Å². The molecule has 1 heterocycles. The van der Waals surface area contributed by atoms with E-state index in [2.05, 4.69) is 0 Å². The van der Waals surface area contributed by atoms with Gasteiger partial charge in [-0.05, 0) is 56.0 Å². The van der Waals surface area contributed by atoms with Crippen molar-refractivity contribution < 1.29 is 23.5 Å². The van der Waals surface area contributed by atoms with Crippen LogP contribution in [0.4, 0.5) is 9.18 Å². The second-order valence-corrected chi connectivity index (χ2v) is 7.43. The van der Waals surface area contributed by atoms with Gasteiger partial charge in [-0.3, -0.25) is 14.5 Å².